The largest absolute Gasteiger partial charge is 0.299 e. The maximum atomic E-state index is 12.6. The number of ketones is 1. The number of Topliss-reactive ketones (excluding diaryl/α,β-unsaturated/α-hetero) is 1. The molecule has 0 aromatic heterocycles. The van der Waals surface area contributed by atoms with Crippen molar-refractivity contribution in [3.8, 4) is 6.07 Å². The molecule has 1 aromatic rings. The zero-order chi connectivity index (χ0) is 17.5. The van der Waals surface area contributed by atoms with Crippen molar-refractivity contribution in [2.75, 3.05) is 6.26 Å². The highest BCUT2D eigenvalue weighted by Gasteiger charge is 2.44. The van der Waals surface area contributed by atoms with Crippen molar-refractivity contribution in [1.82, 2.24) is 0 Å². The van der Waals surface area contributed by atoms with E-state index in [1.165, 1.54) is 0 Å². The third-order valence-corrected chi connectivity index (χ3v) is 5.97. The van der Waals surface area contributed by atoms with E-state index in [9.17, 15) is 13.2 Å². The summed E-state index contributed by atoms with van der Waals surface area (Å²) in [5.41, 5.74) is 2.35. The molecule has 124 valence electrons. The van der Waals surface area contributed by atoms with Gasteiger partial charge in [-0.3, -0.25) is 9.79 Å². The van der Waals surface area contributed by atoms with Crippen LogP contribution in [0.25, 0.3) is 0 Å². The van der Waals surface area contributed by atoms with E-state index in [4.69, 9.17) is 5.26 Å². The normalized spacial score (nSPS) is 24.2. The monoisotopic (exact) mass is 342 g/mol. The lowest BCUT2D eigenvalue weighted by Crippen LogP contribution is -2.38. The van der Waals surface area contributed by atoms with Gasteiger partial charge in [0.25, 0.3) is 0 Å². The van der Waals surface area contributed by atoms with Crippen LogP contribution >= 0.6 is 0 Å². The highest BCUT2D eigenvalue weighted by atomic mass is 32.2. The minimum absolute atomic E-state index is 0.0287. The van der Waals surface area contributed by atoms with Gasteiger partial charge in [0.05, 0.1) is 28.2 Å². The predicted octanol–water partition coefficient (Wildman–Crippen LogP) is 2.74. The van der Waals surface area contributed by atoms with E-state index in [1.54, 1.807) is 31.2 Å². The second kappa shape index (κ2) is 5.99. The summed E-state index contributed by atoms with van der Waals surface area (Å²) < 4.78 is 24.8. The number of aliphatic imine (C=N–C) groups is 1. The molecule has 5 nitrogen and oxygen atoms in total. The van der Waals surface area contributed by atoms with Gasteiger partial charge < -0.3 is 0 Å². The molecule has 0 spiro atoms. The van der Waals surface area contributed by atoms with Crippen LogP contribution in [0.15, 0.2) is 39.9 Å². The highest BCUT2D eigenvalue weighted by molar-refractivity contribution is 7.94. The van der Waals surface area contributed by atoms with Crippen LogP contribution < -0.4 is 0 Å². The molecule has 1 saturated carbocycles. The average molecular weight is 342 g/mol. The summed E-state index contributed by atoms with van der Waals surface area (Å²) in [6.07, 6.45) is 3.05. The maximum absolute atomic E-state index is 12.6. The summed E-state index contributed by atoms with van der Waals surface area (Å²) in [7, 11) is -3.53. The first-order valence-electron chi connectivity index (χ1n) is 7.84. The van der Waals surface area contributed by atoms with Gasteiger partial charge in [-0.15, -0.1) is 0 Å². The molecule has 0 amide bonds. The standard InChI is InChI=1S/C18H18N2O3S/c1-11-18(24(2,22)23)16(13-6-3-5-12(9-13)10-19)17-14(20-11)7-4-8-15(17)21/h3,5-6,9,16-17H,4,7-8H2,1-2H3. The van der Waals surface area contributed by atoms with Crippen molar-refractivity contribution in [3.63, 3.8) is 0 Å². The first kappa shape index (κ1) is 16.6. The molecule has 1 aromatic carbocycles. The van der Waals surface area contributed by atoms with Gasteiger partial charge in [-0.05, 0) is 37.5 Å². The number of fused-ring (bicyclic) bond motifs is 1. The number of carbonyl (C=O) groups is 1. The van der Waals surface area contributed by atoms with E-state index in [1.807, 2.05) is 0 Å². The minimum atomic E-state index is -3.53. The van der Waals surface area contributed by atoms with Crippen LogP contribution in [0.4, 0.5) is 0 Å². The molecule has 2 atom stereocenters. The Morgan fingerprint density at radius 3 is 2.67 bits per heavy atom. The molecule has 2 aliphatic rings. The third kappa shape index (κ3) is 2.80. The molecular weight excluding hydrogens is 324 g/mol. The van der Waals surface area contributed by atoms with Gasteiger partial charge in [-0.2, -0.15) is 5.26 Å². The Balaban J connectivity index is 2.26. The third-order valence-electron chi connectivity index (χ3n) is 4.62. The van der Waals surface area contributed by atoms with Crippen molar-refractivity contribution < 1.29 is 13.2 Å². The summed E-state index contributed by atoms with van der Waals surface area (Å²) >= 11 is 0. The fraction of sp³-hybridized carbons (Fsp3) is 0.389. The Bertz CT molecular complexity index is 920. The van der Waals surface area contributed by atoms with Gasteiger partial charge in [-0.1, -0.05) is 12.1 Å². The number of benzene rings is 1. The van der Waals surface area contributed by atoms with Crippen molar-refractivity contribution in [3.05, 3.63) is 46.0 Å². The Kier molecular flexibility index (Phi) is 4.14. The number of rotatable bonds is 2. The lowest BCUT2D eigenvalue weighted by Gasteiger charge is -2.35. The molecule has 6 heteroatoms. The summed E-state index contributed by atoms with van der Waals surface area (Å²) in [6.45, 7) is 1.68. The van der Waals surface area contributed by atoms with E-state index in [0.717, 1.165) is 18.4 Å². The first-order valence-corrected chi connectivity index (χ1v) is 9.73. The van der Waals surface area contributed by atoms with Gasteiger partial charge in [0.2, 0.25) is 0 Å². The van der Waals surface area contributed by atoms with Crippen LogP contribution in [0, 0.1) is 17.2 Å². The van der Waals surface area contributed by atoms with Gasteiger partial charge in [0, 0.05) is 24.3 Å². The molecule has 1 heterocycles. The van der Waals surface area contributed by atoms with E-state index in [-0.39, 0.29) is 10.7 Å². The molecule has 1 aliphatic heterocycles. The van der Waals surface area contributed by atoms with Crippen LogP contribution in [0.2, 0.25) is 0 Å². The number of nitrogens with zero attached hydrogens (tertiary/aromatic N) is 2. The van der Waals surface area contributed by atoms with Crippen LogP contribution in [-0.2, 0) is 14.6 Å². The molecule has 1 aliphatic carbocycles. The highest BCUT2D eigenvalue weighted by Crippen LogP contribution is 2.44. The van der Waals surface area contributed by atoms with Crippen LogP contribution in [-0.4, -0.2) is 26.2 Å². The summed E-state index contributed by atoms with van der Waals surface area (Å²) in [6, 6.07) is 8.93. The second-order valence-corrected chi connectivity index (χ2v) is 8.32. The molecule has 0 radical (unpaired) electrons. The van der Waals surface area contributed by atoms with Crippen LogP contribution in [0.1, 0.15) is 43.2 Å². The first-order chi connectivity index (χ1) is 11.3. The Hall–Kier alpha value is -2.26. The summed E-state index contributed by atoms with van der Waals surface area (Å²) in [5.74, 6) is -1.10. The molecule has 2 unspecified atom stereocenters. The summed E-state index contributed by atoms with van der Waals surface area (Å²) in [5, 5.41) is 9.15. The molecule has 0 saturated heterocycles. The molecule has 0 bridgehead atoms. The number of nitriles is 1. The zero-order valence-electron chi connectivity index (χ0n) is 13.6. The zero-order valence-corrected chi connectivity index (χ0v) is 14.4. The smallest absolute Gasteiger partial charge is 0.174 e. The number of allylic oxidation sites excluding steroid dienone is 2. The van der Waals surface area contributed by atoms with Crippen molar-refractivity contribution >= 4 is 21.3 Å². The topological polar surface area (TPSA) is 87.4 Å². The molecular formula is C18H18N2O3S. The van der Waals surface area contributed by atoms with Gasteiger partial charge in [0.1, 0.15) is 5.78 Å². The summed E-state index contributed by atoms with van der Waals surface area (Å²) in [4.78, 5) is 17.2. The Labute approximate surface area is 141 Å². The molecule has 0 N–H and O–H groups in total. The van der Waals surface area contributed by atoms with Gasteiger partial charge in [-0.25, -0.2) is 8.42 Å². The lowest BCUT2D eigenvalue weighted by atomic mass is 9.72. The van der Waals surface area contributed by atoms with E-state index in [0.29, 0.717) is 29.7 Å². The molecule has 24 heavy (non-hydrogen) atoms. The lowest BCUT2D eigenvalue weighted by molar-refractivity contribution is -0.121. The van der Waals surface area contributed by atoms with E-state index < -0.39 is 21.7 Å². The molecule has 3 rings (SSSR count). The average Bonchev–Trinajstić information content (AvgIpc) is 2.52. The minimum Gasteiger partial charge on any atom is -0.299 e. The maximum Gasteiger partial charge on any atom is 0.174 e. The van der Waals surface area contributed by atoms with Crippen molar-refractivity contribution in [2.24, 2.45) is 10.9 Å². The number of carbonyl (C=O) groups excluding carboxylic acids is 1. The second-order valence-electron chi connectivity index (χ2n) is 6.34. The predicted molar refractivity (Wildman–Crippen MR) is 91.2 cm³/mol. The quantitative estimate of drug-likeness (QED) is 0.827. The Morgan fingerprint density at radius 2 is 2.00 bits per heavy atom. The van der Waals surface area contributed by atoms with Crippen molar-refractivity contribution in [1.29, 1.82) is 5.26 Å². The fourth-order valence-electron chi connectivity index (χ4n) is 3.74. The Morgan fingerprint density at radius 1 is 1.25 bits per heavy atom. The van der Waals surface area contributed by atoms with Gasteiger partial charge in [0.15, 0.2) is 9.84 Å². The van der Waals surface area contributed by atoms with Gasteiger partial charge >= 0.3 is 0 Å². The molecule has 1 fully saturated rings. The SMILES string of the molecule is CC1=C(S(C)(=O)=O)C(c2cccc(C#N)c2)C2C(=O)CCCC2=N1. The number of sulfone groups is 1. The van der Waals surface area contributed by atoms with Crippen LogP contribution in [0.3, 0.4) is 0 Å². The van der Waals surface area contributed by atoms with E-state index in [2.05, 4.69) is 11.1 Å². The van der Waals surface area contributed by atoms with Crippen LogP contribution in [0.5, 0.6) is 0 Å². The van der Waals surface area contributed by atoms with Crippen molar-refractivity contribution in [2.45, 2.75) is 32.1 Å². The fourth-order valence-corrected chi connectivity index (χ4v) is 5.05. The number of hydrogen-bond donors (Lipinski definition) is 0. The van der Waals surface area contributed by atoms with E-state index >= 15 is 0 Å². The number of hydrogen-bond acceptors (Lipinski definition) is 5.